The summed E-state index contributed by atoms with van der Waals surface area (Å²) in [6, 6.07) is 0.875. The van der Waals surface area contributed by atoms with Gasteiger partial charge in [0.25, 0.3) is 0 Å². The third kappa shape index (κ3) is 1.75. The van der Waals surface area contributed by atoms with Gasteiger partial charge in [0, 0.05) is 0 Å². The van der Waals surface area contributed by atoms with Crippen LogP contribution in [0.2, 0.25) is 5.15 Å². The van der Waals surface area contributed by atoms with Gasteiger partial charge >= 0.3 is 16.7 Å². The molecule has 0 spiro atoms. The number of methoxy groups -OCH3 is 1. The van der Waals surface area contributed by atoms with Gasteiger partial charge in [-0.1, -0.05) is 0 Å². The molecule has 0 amide bonds. The van der Waals surface area contributed by atoms with Crippen LogP contribution in [-0.4, -0.2) is 17.1 Å². The van der Waals surface area contributed by atoms with Crippen molar-refractivity contribution in [2.45, 2.75) is 0 Å². The minimum Gasteiger partial charge on any atom is -0.593 e. The Balaban J connectivity index is 3.33. The third-order valence-corrected chi connectivity index (χ3v) is 1.48. The fraction of sp³-hybridized carbons (Fsp3) is 0.200. The van der Waals surface area contributed by atoms with Crippen LogP contribution in [0.15, 0.2) is 6.07 Å². The molecule has 0 aliphatic rings. The number of hydrogen-bond donors (Lipinski definition) is 0. The zero-order valence-corrected chi connectivity index (χ0v) is 7.19. The number of ether oxygens (including phenoxy) is 1. The van der Waals surface area contributed by atoms with Crippen molar-refractivity contribution in [1.82, 2.24) is 5.10 Å². The molecule has 1 aromatic heterocycles. The molecule has 13 heavy (non-hydrogen) atoms. The maximum Gasteiger partial charge on any atom is 0.359 e. The molecule has 1 aromatic rings. The molecule has 70 valence electrons. The second kappa shape index (κ2) is 3.40. The van der Waals surface area contributed by atoms with Crippen molar-refractivity contribution in [2.24, 2.45) is 0 Å². The normalized spacial score (nSPS) is 9.69. The first-order valence-corrected chi connectivity index (χ1v) is 3.43. The van der Waals surface area contributed by atoms with Gasteiger partial charge in [-0.2, -0.15) is 0 Å². The fourth-order valence-electron chi connectivity index (χ4n) is 0.687. The SMILES string of the molecule is COc1n[n+]([O-])c(Cl)cc1[N+](=O)[O-]. The summed E-state index contributed by atoms with van der Waals surface area (Å²) in [5.41, 5.74) is -0.445. The topological polar surface area (TPSA) is 92.2 Å². The first kappa shape index (κ1) is 9.46. The predicted molar refractivity (Wildman–Crippen MR) is 41.4 cm³/mol. The molecule has 0 aliphatic carbocycles. The summed E-state index contributed by atoms with van der Waals surface area (Å²) in [6.45, 7) is 0. The maximum absolute atomic E-state index is 10.7. The van der Waals surface area contributed by atoms with Crippen molar-refractivity contribution < 1.29 is 14.5 Å². The molecule has 0 N–H and O–H groups in total. The molecule has 1 rings (SSSR count). The number of nitrogens with zero attached hydrogens (tertiary/aromatic N) is 3. The molecule has 8 heteroatoms. The van der Waals surface area contributed by atoms with Crippen LogP contribution in [0.25, 0.3) is 0 Å². The Morgan fingerprint density at radius 2 is 2.38 bits per heavy atom. The lowest BCUT2D eigenvalue weighted by atomic mass is 10.5. The van der Waals surface area contributed by atoms with Crippen LogP contribution in [0.3, 0.4) is 0 Å². The van der Waals surface area contributed by atoms with Crippen molar-refractivity contribution >= 4 is 17.3 Å². The summed E-state index contributed by atoms with van der Waals surface area (Å²) < 4.78 is 4.51. The largest absolute Gasteiger partial charge is 0.593 e. The number of nitro groups is 1. The van der Waals surface area contributed by atoms with E-state index in [-0.39, 0.29) is 15.9 Å². The van der Waals surface area contributed by atoms with Crippen molar-refractivity contribution in [1.29, 1.82) is 0 Å². The van der Waals surface area contributed by atoms with E-state index in [1.807, 2.05) is 0 Å². The first-order valence-electron chi connectivity index (χ1n) is 3.05. The van der Waals surface area contributed by atoms with Crippen molar-refractivity contribution in [3.8, 4) is 5.88 Å². The second-order valence-electron chi connectivity index (χ2n) is 1.99. The van der Waals surface area contributed by atoms with E-state index in [2.05, 4.69) is 9.84 Å². The van der Waals surface area contributed by atoms with Gasteiger partial charge in [-0.3, -0.25) is 10.1 Å². The number of aromatic nitrogens is 2. The summed E-state index contributed by atoms with van der Waals surface area (Å²) in [5, 5.41) is 23.9. The monoisotopic (exact) mass is 205 g/mol. The molecule has 0 bridgehead atoms. The predicted octanol–water partition coefficient (Wildman–Crippen LogP) is 0.285. The molecule has 0 aromatic carbocycles. The quantitative estimate of drug-likeness (QED) is 0.299. The average molecular weight is 206 g/mol. The molecular formula is C5H4ClN3O4. The molecule has 0 aliphatic heterocycles. The van der Waals surface area contributed by atoms with Gasteiger partial charge in [-0.25, -0.2) is 0 Å². The standard InChI is InChI=1S/C5H4ClN3O4/c1-13-5-3(9(11)12)2-4(6)8(10)7-5/h2H,1H3. The molecule has 0 atom stereocenters. The molecule has 0 unspecified atom stereocenters. The zero-order valence-electron chi connectivity index (χ0n) is 6.43. The zero-order chi connectivity index (χ0) is 10.0. The Morgan fingerprint density at radius 3 is 2.85 bits per heavy atom. The minimum absolute atomic E-state index is 0.0351. The summed E-state index contributed by atoms with van der Waals surface area (Å²) in [6.07, 6.45) is 0. The highest BCUT2D eigenvalue weighted by molar-refractivity contribution is 6.28. The van der Waals surface area contributed by atoms with Crippen LogP contribution >= 0.6 is 11.6 Å². The average Bonchev–Trinajstić information content (AvgIpc) is 2.08. The van der Waals surface area contributed by atoms with E-state index < -0.39 is 10.6 Å². The Bertz CT molecular complexity index is 356. The third-order valence-electron chi connectivity index (χ3n) is 1.23. The summed E-state index contributed by atoms with van der Waals surface area (Å²) >= 11 is 5.31. The molecule has 0 fully saturated rings. The van der Waals surface area contributed by atoms with Gasteiger partial charge in [-0.15, -0.1) is 0 Å². The van der Waals surface area contributed by atoms with E-state index in [0.29, 0.717) is 0 Å². The van der Waals surface area contributed by atoms with Crippen LogP contribution in [0.1, 0.15) is 0 Å². The second-order valence-corrected chi connectivity index (χ2v) is 2.38. The molecule has 0 radical (unpaired) electrons. The lowest BCUT2D eigenvalue weighted by Gasteiger charge is -1.99. The molecule has 0 saturated carbocycles. The lowest BCUT2D eigenvalue weighted by molar-refractivity contribution is -0.668. The minimum atomic E-state index is -0.738. The van der Waals surface area contributed by atoms with Crippen LogP contribution in [0, 0.1) is 15.3 Å². The smallest absolute Gasteiger partial charge is 0.359 e. The van der Waals surface area contributed by atoms with Gasteiger partial charge in [0.1, 0.15) is 6.07 Å². The van der Waals surface area contributed by atoms with E-state index in [1.54, 1.807) is 0 Å². The van der Waals surface area contributed by atoms with Gasteiger partial charge in [0.15, 0.2) is 0 Å². The first-order chi connectivity index (χ1) is 6.06. The van der Waals surface area contributed by atoms with E-state index in [9.17, 15) is 15.3 Å². The highest BCUT2D eigenvalue weighted by Gasteiger charge is 2.23. The highest BCUT2D eigenvalue weighted by Crippen LogP contribution is 2.23. The fourth-order valence-corrected chi connectivity index (χ4v) is 0.829. The van der Waals surface area contributed by atoms with Crippen LogP contribution in [0.4, 0.5) is 5.69 Å². The van der Waals surface area contributed by atoms with Crippen LogP contribution < -0.4 is 9.58 Å². The maximum atomic E-state index is 10.7. The Kier molecular flexibility index (Phi) is 2.47. The summed E-state index contributed by atoms with van der Waals surface area (Å²) in [5.74, 6) is -0.371. The number of hydrogen-bond acceptors (Lipinski definition) is 5. The van der Waals surface area contributed by atoms with E-state index in [4.69, 9.17) is 11.6 Å². The van der Waals surface area contributed by atoms with Crippen molar-refractivity contribution in [3.63, 3.8) is 0 Å². The van der Waals surface area contributed by atoms with Gasteiger partial charge in [0.2, 0.25) is 0 Å². The number of rotatable bonds is 2. The van der Waals surface area contributed by atoms with Gasteiger partial charge in [-0.05, 0) is 16.4 Å². The lowest BCUT2D eigenvalue weighted by Crippen LogP contribution is -2.32. The van der Waals surface area contributed by atoms with Gasteiger partial charge in [0.05, 0.1) is 17.1 Å². The van der Waals surface area contributed by atoms with Crippen LogP contribution in [-0.2, 0) is 0 Å². The Morgan fingerprint density at radius 1 is 1.77 bits per heavy atom. The van der Waals surface area contributed by atoms with E-state index >= 15 is 0 Å². The van der Waals surface area contributed by atoms with E-state index in [0.717, 1.165) is 6.07 Å². The van der Waals surface area contributed by atoms with Crippen molar-refractivity contribution in [2.75, 3.05) is 7.11 Å². The summed E-state index contributed by atoms with van der Waals surface area (Å²) in [4.78, 5) is 9.66. The highest BCUT2D eigenvalue weighted by atomic mass is 35.5. The molecule has 7 nitrogen and oxygen atoms in total. The summed E-state index contributed by atoms with van der Waals surface area (Å²) in [7, 11) is 1.17. The van der Waals surface area contributed by atoms with Crippen LogP contribution in [0.5, 0.6) is 5.88 Å². The Labute approximate surface area is 77.2 Å². The molecule has 0 saturated heterocycles. The molecular weight excluding hydrogens is 202 g/mol. The van der Waals surface area contributed by atoms with Crippen molar-refractivity contribution in [3.05, 3.63) is 26.5 Å². The Hall–Kier alpha value is -1.63. The van der Waals surface area contributed by atoms with E-state index in [1.165, 1.54) is 7.11 Å². The molecule has 1 heterocycles. The number of halogens is 1. The van der Waals surface area contributed by atoms with Gasteiger partial charge < -0.3 is 9.94 Å².